The molecule has 1 heterocycles. The van der Waals surface area contributed by atoms with Crippen LogP contribution in [0.3, 0.4) is 0 Å². The molecule has 1 aliphatic heterocycles. The predicted molar refractivity (Wildman–Crippen MR) is 76.5 cm³/mol. The number of nitro groups is 1. The van der Waals surface area contributed by atoms with Gasteiger partial charge in [0.05, 0.1) is 10.7 Å². The molecule has 2 rings (SSSR count). The summed E-state index contributed by atoms with van der Waals surface area (Å²) in [6.07, 6.45) is -0.0277. The van der Waals surface area contributed by atoms with Gasteiger partial charge < -0.3 is 4.90 Å². The highest BCUT2D eigenvalue weighted by molar-refractivity contribution is 7.89. The van der Waals surface area contributed by atoms with Crippen LogP contribution in [0, 0.1) is 16.0 Å². The highest BCUT2D eigenvalue weighted by Gasteiger charge is 2.36. The molecule has 1 aromatic carbocycles. The van der Waals surface area contributed by atoms with Crippen molar-refractivity contribution in [3.8, 4) is 0 Å². The van der Waals surface area contributed by atoms with Gasteiger partial charge in [0.2, 0.25) is 15.9 Å². The zero-order chi connectivity index (χ0) is 15.8. The van der Waals surface area contributed by atoms with E-state index in [-0.39, 0.29) is 35.1 Å². The minimum absolute atomic E-state index is 0.0277. The van der Waals surface area contributed by atoms with E-state index in [1.54, 1.807) is 0 Å². The number of anilines is 1. The van der Waals surface area contributed by atoms with Gasteiger partial charge in [0.1, 0.15) is 10.7 Å². The first-order valence-corrected chi connectivity index (χ1v) is 8.02. The number of carbonyl (C=O) groups is 1. The van der Waals surface area contributed by atoms with Crippen molar-refractivity contribution < 1.29 is 18.1 Å². The minimum Gasteiger partial charge on any atom is -0.306 e. The van der Waals surface area contributed by atoms with Gasteiger partial charge in [0.25, 0.3) is 0 Å². The Kier molecular flexibility index (Phi) is 4.17. The van der Waals surface area contributed by atoms with Gasteiger partial charge in [-0.05, 0) is 12.1 Å². The third-order valence-corrected chi connectivity index (χ3v) is 4.35. The van der Waals surface area contributed by atoms with E-state index < -0.39 is 26.8 Å². The molecule has 10 heteroatoms. The van der Waals surface area contributed by atoms with Crippen LogP contribution in [0.25, 0.3) is 0 Å². The van der Waals surface area contributed by atoms with E-state index in [0.717, 1.165) is 0 Å². The second-order valence-corrected chi connectivity index (χ2v) is 6.83. The molecule has 1 saturated heterocycles. The van der Waals surface area contributed by atoms with E-state index in [1.165, 1.54) is 23.1 Å². The van der Waals surface area contributed by atoms with Crippen LogP contribution >= 0.6 is 11.6 Å². The number of carbonyl (C=O) groups excluding carboxylic acids is 1. The molecule has 1 fully saturated rings. The number of halogens is 1. The van der Waals surface area contributed by atoms with Gasteiger partial charge in [-0.15, -0.1) is 0 Å². The highest BCUT2D eigenvalue weighted by atomic mass is 35.5. The van der Waals surface area contributed by atoms with Crippen molar-refractivity contribution in [1.82, 2.24) is 0 Å². The Bertz CT molecular complexity index is 706. The lowest BCUT2D eigenvalue weighted by atomic mass is 10.1. The lowest BCUT2D eigenvalue weighted by Crippen LogP contribution is -2.28. The Balaban J connectivity index is 2.34. The van der Waals surface area contributed by atoms with Gasteiger partial charge in [-0.2, -0.15) is 0 Å². The molecule has 21 heavy (non-hydrogen) atoms. The number of nitro benzene ring substituents is 1. The van der Waals surface area contributed by atoms with E-state index in [2.05, 4.69) is 0 Å². The fraction of sp³-hybridized carbons (Fsp3) is 0.364. The van der Waals surface area contributed by atoms with Gasteiger partial charge in [-0.1, -0.05) is 17.7 Å². The lowest BCUT2D eigenvalue weighted by Gasteiger charge is -2.17. The zero-order valence-electron chi connectivity index (χ0n) is 10.7. The molecule has 8 nitrogen and oxygen atoms in total. The normalized spacial score (nSPS) is 19.0. The molecule has 0 saturated carbocycles. The number of sulfonamides is 1. The third-order valence-electron chi connectivity index (χ3n) is 3.11. The van der Waals surface area contributed by atoms with Crippen molar-refractivity contribution >= 4 is 38.9 Å². The topological polar surface area (TPSA) is 124 Å². The van der Waals surface area contributed by atoms with E-state index in [9.17, 15) is 23.3 Å². The summed E-state index contributed by atoms with van der Waals surface area (Å²) in [6, 6.07) is 4.25. The quantitative estimate of drug-likeness (QED) is 0.647. The van der Waals surface area contributed by atoms with Crippen molar-refractivity contribution in [3.05, 3.63) is 33.3 Å². The van der Waals surface area contributed by atoms with Gasteiger partial charge in [-0.25, -0.2) is 13.6 Å². The smallest absolute Gasteiger partial charge is 0.306 e. The number of benzene rings is 1. The molecule has 0 spiro atoms. The van der Waals surface area contributed by atoms with Gasteiger partial charge >= 0.3 is 5.69 Å². The maximum Gasteiger partial charge on any atom is 0.311 e. The molecule has 0 radical (unpaired) electrons. The monoisotopic (exact) mass is 333 g/mol. The summed E-state index contributed by atoms with van der Waals surface area (Å²) in [5.41, 5.74) is -0.307. The summed E-state index contributed by atoms with van der Waals surface area (Å²) in [5, 5.41) is 16.0. The van der Waals surface area contributed by atoms with Crippen molar-refractivity contribution in [2.24, 2.45) is 11.1 Å². The fourth-order valence-electron chi connectivity index (χ4n) is 2.36. The number of rotatable bonds is 4. The molecule has 1 aromatic rings. The van der Waals surface area contributed by atoms with Crippen molar-refractivity contribution in [3.63, 3.8) is 0 Å². The summed E-state index contributed by atoms with van der Waals surface area (Å²) in [6.45, 7) is 0.0520. The molecule has 1 aliphatic rings. The van der Waals surface area contributed by atoms with Gasteiger partial charge in [0.15, 0.2) is 0 Å². The summed E-state index contributed by atoms with van der Waals surface area (Å²) in [7, 11) is -3.71. The SMILES string of the molecule is NS(=O)(=O)CC1CC(=O)N(c2cccc(Cl)c2[N+](=O)[O-])C1. The largest absolute Gasteiger partial charge is 0.311 e. The van der Waals surface area contributed by atoms with Crippen LogP contribution in [-0.4, -0.2) is 31.5 Å². The van der Waals surface area contributed by atoms with Crippen molar-refractivity contribution in [1.29, 1.82) is 0 Å². The number of nitrogens with two attached hydrogens (primary N) is 1. The predicted octanol–water partition coefficient (Wildman–Crippen LogP) is 0.890. The maximum absolute atomic E-state index is 12.0. The molecule has 0 bridgehead atoms. The van der Waals surface area contributed by atoms with E-state index in [4.69, 9.17) is 16.7 Å². The Morgan fingerprint density at radius 3 is 2.71 bits per heavy atom. The Morgan fingerprint density at radius 1 is 1.48 bits per heavy atom. The van der Waals surface area contributed by atoms with E-state index in [0.29, 0.717) is 0 Å². The number of hydrogen-bond acceptors (Lipinski definition) is 5. The Hall–Kier alpha value is -1.71. The lowest BCUT2D eigenvalue weighted by molar-refractivity contribution is -0.383. The molecule has 1 unspecified atom stereocenters. The molecule has 1 atom stereocenters. The molecule has 114 valence electrons. The molecule has 0 aliphatic carbocycles. The summed E-state index contributed by atoms with van der Waals surface area (Å²) in [5.74, 6) is -1.23. The van der Waals surface area contributed by atoms with Gasteiger partial charge in [-0.3, -0.25) is 14.9 Å². The average Bonchev–Trinajstić information content (AvgIpc) is 2.66. The second-order valence-electron chi connectivity index (χ2n) is 4.77. The van der Waals surface area contributed by atoms with E-state index >= 15 is 0 Å². The van der Waals surface area contributed by atoms with Crippen LogP contribution in [0.5, 0.6) is 0 Å². The number of para-hydroxylation sites is 1. The Labute approximate surface area is 125 Å². The standard InChI is InChI=1S/C11H12ClN3O5S/c12-8-2-1-3-9(11(8)15(17)18)14-5-7(4-10(14)16)6-21(13,19)20/h1-3,7H,4-6H2,(H2,13,19,20). The van der Waals surface area contributed by atoms with Crippen LogP contribution in [0.2, 0.25) is 5.02 Å². The van der Waals surface area contributed by atoms with Crippen LogP contribution in [0.1, 0.15) is 6.42 Å². The molecule has 0 aromatic heterocycles. The number of primary sulfonamides is 1. The Morgan fingerprint density at radius 2 is 2.14 bits per heavy atom. The highest BCUT2D eigenvalue weighted by Crippen LogP contribution is 2.37. The third kappa shape index (κ3) is 3.49. The molecule has 2 N–H and O–H groups in total. The van der Waals surface area contributed by atoms with Crippen LogP contribution in [0.15, 0.2) is 18.2 Å². The minimum atomic E-state index is -3.71. The maximum atomic E-state index is 12.0. The van der Waals surface area contributed by atoms with E-state index in [1.807, 2.05) is 0 Å². The second kappa shape index (κ2) is 5.58. The molecular formula is C11H12ClN3O5S. The van der Waals surface area contributed by atoms with Gasteiger partial charge in [0, 0.05) is 18.9 Å². The van der Waals surface area contributed by atoms with Crippen molar-refractivity contribution in [2.75, 3.05) is 17.2 Å². The fourth-order valence-corrected chi connectivity index (χ4v) is 3.48. The molecule has 1 amide bonds. The number of nitrogens with zero attached hydrogens (tertiary/aromatic N) is 2. The first kappa shape index (κ1) is 15.7. The van der Waals surface area contributed by atoms with Crippen molar-refractivity contribution in [2.45, 2.75) is 6.42 Å². The summed E-state index contributed by atoms with van der Waals surface area (Å²) in [4.78, 5) is 23.6. The number of amides is 1. The first-order chi connectivity index (χ1) is 9.69. The van der Waals surface area contributed by atoms with Crippen LogP contribution in [0.4, 0.5) is 11.4 Å². The number of hydrogen-bond donors (Lipinski definition) is 1. The summed E-state index contributed by atoms with van der Waals surface area (Å²) < 4.78 is 22.2. The first-order valence-electron chi connectivity index (χ1n) is 5.93. The summed E-state index contributed by atoms with van der Waals surface area (Å²) >= 11 is 5.80. The molecular weight excluding hydrogens is 322 g/mol. The van der Waals surface area contributed by atoms with Crippen LogP contribution < -0.4 is 10.0 Å². The zero-order valence-corrected chi connectivity index (χ0v) is 12.3. The van der Waals surface area contributed by atoms with Crippen LogP contribution in [-0.2, 0) is 14.8 Å². The average molecular weight is 334 g/mol.